The third kappa shape index (κ3) is 8.57. The third-order valence-corrected chi connectivity index (χ3v) is 8.23. The number of hydrogen-bond donors (Lipinski definition) is 3. The molecule has 12 nitrogen and oxygen atoms in total. The second kappa shape index (κ2) is 16.4. The molecule has 226 valence electrons. The summed E-state index contributed by atoms with van der Waals surface area (Å²) in [7, 11) is 0. The Morgan fingerprint density at radius 3 is 2.44 bits per heavy atom. The molecule has 4 rings (SSSR count). The van der Waals surface area contributed by atoms with Crippen molar-refractivity contribution >= 4 is 66.8 Å². The monoisotopic (exact) mass is 710 g/mol. The lowest BCUT2D eigenvalue weighted by Gasteiger charge is -2.14. The van der Waals surface area contributed by atoms with E-state index in [9.17, 15) is 0 Å². The molecule has 5 N–H and O–H groups in total. The van der Waals surface area contributed by atoms with Crippen molar-refractivity contribution in [1.29, 1.82) is 5.41 Å². The van der Waals surface area contributed by atoms with Crippen molar-refractivity contribution in [2.24, 2.45) is 34.6 Å². The first-order chi connectivity index (χ1) is 22.0. The zero-order valence-corrected chi connectivity index (χ0v) is 26.9. The minimum Gasteiger partial charge on any atom is -0.390 e. The number of nitrogens with one attached hydrogen (secondary N) is 1. The Bertz CT molecular complexity index is 1840. The molecule has 45 heavy (non-hydrogen) atoms. The molecule has 3 aromatic rings. The van der Waals surface area contributed by atoms with Gasteiger partial charge in [-0.1, -0.05) is 12.7 Å². The van der Waals surface area contributed by atoms with Crippen molar-refractivity contribution in [3.8, 4) is 11.1 Å². The van der Waals surface area contributed by atoms with E-state index in [0.717, 1.165) is 48.9 Å². The zero-order chi connectivity index (χ0) is 32.0. The van der Waals surface area contributed by atoms with Gasteiger partial charge in [-0.15, -0.1) is 0 Å². The van der Waals surface area contributed by atoms with Crippen LogP contribution in [0.25, 0.3) is 25.9 Å². The summed E-state index contributed by atoms with van der Waals surface area (Å²) in [5.74, 6) is 1.00. The first kappa shape index (κ1) is 32.5. The fourth-order valence-corrected chi connectivity index (χ4v) is 5.92. The summed E-state index contributed by atoms with van der Waals surface area (Å²) in [6.45, 7) is 8.43. The molecule has 0 fully saturated rings. The Morgan fingerprint density at radius 2 is 1.73 bits per heavy atom. The van der Waals surface area contributed by atoms with Crippen LogP contribution in [0.4, 0.5) is 0 Å². The van der Waals surface area contributed by atoms with Crippen LogP contribution >= 0.6 is 21.0 Å². The number of aromatic nitrogens is 4. The Balaban J connectivity index is 1.89. The number of benzene rings is 1. The molecule has 3 heterocycles. The van der Waals surface area contributed by atoms with Crippen LogP contribution in [0.2, 0.25) is 0 Å². The maximum atomic E-state index is 8.36. The molecule has 0 saturated heterocycles. The van der Waals surface area contributed by atoms with Crippen molar-refractivity contribution < 1.29 is 0 Å². The van der Waals surface area contributed by atoms with Gasteiger partial charge in [0.15, 0.2) is 11.7 Å². The van der Waals surface area contributed by atoms with Crippen LogP contribution in [0.15, 0.2) is 115 Å². The van der Waals surface area contributed by atoms with E-state index < -0.39 is 21.0 Å². The highest BCUT2D eigenvalue weighted by atomic mass is 127. The molecule has 1 aromatic carbocycles. The fourth-order valence-electron chi connectivity index (χ4n) is 4.12. The molecule has 0 atom stereocenters. The topological polar surface area (TPSA) is 189 Å². The Labute approximate surface area is 271 Å². The molecule has 2 aromatic heterocycles. The molecular formula is C32H31IN12. The zero-order valence-electron chi connectivity index (χ0n) is 24.7. The van der Waals surface area contributed by atoms with E-state index in [1.807, 2.05) is 44.2 Å². The van der Waals surface area contributed by atoms with Crippen LogP contribution in [-0.2, 0) is 0 Å². The van der Waals surface area contributed by atoms with Crippen LogP contribution < -0.4 is 11.5 Å². The van der Waals surface area contributed by atoms with Crippen LogP contribution in [0.3, 0.4) is 0 Å². The predicted molar refractivity (Wildman–Crippen MR) is 192 cm³/mol. The number of halogens is 1. The number of aliphatic imine (C=N–C) groups is 4. The van der Waals surface area contributed by atoms with Gasteiger partial charge in [-0.25, -0.2) is 33.1 Å². The number of amidine groups is 1. The molecule has 0 amide bonds. The smallest absolute Gasteiger partial charge is 0.162 e. The van der Waals surface area contributed by atoms with Gasteiger partial charge in [-0.3, -0.25) is 9.98 Å². The lowest BCUT2D eigenvalue weighted by Crippen LogP contribution is -2.03. The van der Waals surface area contributed by atoms with Gasteiger partial charge in [0, 0.05) is 78.2 Å². The minimum atomic E-state index is -0.719. The molecule has 0 saturated carbocycles. The number of hydrogen-bond acceptors (Lipinski definition) is 8. The van der Waals surface area contributed by atoms with Gasteiger partial charge >= 0.3 is 0 Å². The lowest BCUT2D eigenvalue weighted by atomic mass is 9.94. The molecule has 1 aliphatic rings. The predicted octanol–water partition coefficient (Wildman–Crippen LogP) is 5.75. The average Bonchev–Trinajstić information content (AvgIpc) is 3.09. The summed E-state index contributed by atoms with van der Waals surface area (Å²) in [6.07, 6.45) is 19.0. The van der Waals surface area contributed by atoms with Gasteiger partial charge in [0.1, 0.15) is 19.0 Å². The van der Waals surface area contributed by atoms with Gasteiger partial charge in [0.05, 0.1) is 18.4 Å². The number of pyridine rings is 1. The van der Waals surface area contributed by atoms with Gasteiger partial charge in [-0.05, 0) is 72.5 Å². The summed E-state index contributed by atoms with van der Waals surface area (Å²) in [6, 6.07) is 8.14. The van der Waals surface area contributed by atoms with E-state index >= 15 is 0 Å². The van der Waals surface area contributed by atoms with Crippen molar-refractivity contribution in [3.05, 3.63) is 114 Å². The highest BCUT2D eigenvalue weighted by Gasteiger charge is 2.14. The maximum Gasteiger partial charge on any atom is 0.162 e. The van der Waals surface area contributed by atoms with Crippen LogP contribution in [0.5, 0.6) is 0 Å². The third-order valence-electron chi connectivity index (χ3n) is 6.22. The van der Waals surface area contributed by atoms with E-state index in [2.05, 4.69) is 61.8 Å². The van der Waals surface area contributed by atoms with Crippen molar-refractivity contribution in [3.63, 3.8) is 0 Å². The summed E-state index contributed by atoms with van der Waals surface area (Å²) < 4.78 is 5.72. The number of allylic oxidation sites excluding steroid dienone is 5. The first-order valence-electron chi connectivity index (χ1n) is 13.6. The van der Waals surface area contributed by atoms with E-state index in [1.165, 1.54) is 31.5 Å². The van der Waals surface area contributed by atoms with Gasteiger partial charge in [0.2, 0.25) is 0 Å². The SMILES string of the molecule is C=C(N=CN=CN)C1=CN=IC(c2cc(/C(C=N)=C/C(=C\C)c3ncncn3)cc(-c3cncc(C(N=CN)=NCC)c3)c2)=C1. The lowest BCUT2D eigenvalue weighted by molar-refractivity contribution is 1.02. The summed E-state index contributed by atoms with van der Waals surface area (Å²) in [5.41, 5.74) is 17.8. The Kier molecular flexibility index (Phi) is 11.8. The van der Waals surface area contributed by atoms with Crippen LogP contribution in [-0.4, -0.2) is 57.5 Å². The quantitative estimate of drug-likeness (QED) is 0.0984. The number of nitrogens with two attached hydrogens (primary N) is 2. The average molecular weight is 711 g/mol. The van der Waals surface area contributed by atoms with E-state index in [0.29, 0.717) is 29.5 Å². The first-order valence-corrected chi connectivity index (χ1v) is 15.7. The highest BCUT2D eigenvalue weighted by Crippen LogP contribution is 2.38. The molecule has 0 spiro atoms. The van der Waals surface area contributed by atoms with E-state index in [1.54, 1.807) is 18.6 Å². The van der Waals surface area contributed by atoms with Crippen LogP contribution in [0, 0.1) is 5.41 Å². The number of rotatable bonds is 11. The molecule has 13 heteroatoms. The van der Waals surface area contributed by atoms with Crippen molar-refractivity contribution in [1.82, 2.24) is 19.9 Å². The van der Waals surface area contributed by atoms with Gasteiger partial charge in [-0.2, -0.15) is 0 Å². The standard InChI is InChI=1S/C32H31IN12/c1-4-22(31-43-19-39-20-44-31)6-26(12-34)23-7-24(28-10-29(14-37-13-28)32(40-5-2)41-17-36)9-25(8-23)30-11-27(15-45-33-30)21(3)42-18-38-16-35/h4,6-20,34H,3,5H2,1-2H3,(H2,35,38,42)(H2,36,40,41)/b22-4+,26-6+,34-12?. The molecule has 0 radical (unpaired) electrons. The molecule has 0 bridgehead atoms. The molecule has 0 unspecified atom stereocenters. The summed E-state index contributed by atoms with van der Waals surface area (Å²) in [5, 5.41) is 8.36. The Morgan fingerprint density at radius 1 is 0.956 bits per heavy atom. The van der Waals surface area contributed by atoms with Crippen molar-refractivity contribution in [2.45, 2.75) is 13.8 Å². The summed E-state index contributed by atoms with van der Waals surface area (Å²) in [4.78, 5) is 33.8. The highest BCUT2D eigenvalue weighted by molar-refractivity contribution is 14.2. The van der Waals surface area contributed by atoms with Crippen LogP contribution in [0.1, 0.15) is 36.4 Å². The second-order valence-corrected chi connectivity index (χ2v) is 11.2. The fraction of sp³-hybridized carbons (Fsp3) is 0.0938. The van der Waals surface area contributed by atoms with E-state index in [-0.39, 0.29) is 0 Å². The maximum absolute atomic E-state index is 8.36. The van der Waals surface area contributed by atoms with Gasteiger partial charge in [0.25, 0.3) is 0 Å². The second-order valence-electron chi connectivity index (χ2n) is 9.04. The van der Waals surface area contributed by atoms with Crippen molar-refractivity contribution in [2.75, 3.05) is 6.54 Å². The summed E-state index contributed by atoms with van der Waals surface area (Å²) >= 11 is -0.719. The largest absolute Gasteiger partial charge is 0.390 e. The van der Waals surface area contributed by atoms with Gasteiger partial charge < -0.3 is 16.9 Å². The molecule has 0 aliphatic carbocycles. The molecular weight excluding hydrogens is 679 g/mol. The number of nitrogens with zero attached hydrogens (tertiary/aromatic N) is 9. The molecule has 1 aliphatic heterocycles. The van der Waals surface area contributed by atoms with E-state index in [4.69, 9.17) is 16.9 Å². The normalized spacial score (nSPS) is 14.5. The Hall–Kier alpha value is -5.44. The minimum absolute atomic E-state index is 0.494.